The molecule has 3 nitrogen and oxygen atoms in total. The molecule has 25 aromatic carbocycles. The van der Waals surface area contributed by atoms with Gasteiger partial charge in [0.2, 0.25) is 0 Å². The normalized spacial score (nSPS) is 11.6. The Hall–Kier alpha value is -19.3. The second kappa shape index (κ2) is 42.2. The van der Waals surface area contributed by atoms with E-state index in [4.69, 9.17) is 0 Å². The largest absolute Gasteiger partial charge is 0.311 e. The third kappa shape index (κ3) is 19.1. The maximum absolute atomic E-state index is 2.44. The second-order valence-electron chi connectivity index (χ2n) is 38.9. The minimum atomic E-state index is -0.153. The van der Waals surface area contributed by atoms with E-state index in [1.165, 1.54) is 194 Å². The molecule has 0 saturated heterocycles. The molecule has 710 valence electrons. The Morgan fingerprint density at radius 2 is 0.347 bits per heavy atom. The van der Waals surface area contributed by atoms with Gasteiger partial charge in [0.05, 0.1) is 0 Å². The van der Waals surface area contributed by atoms with Crippen LogP contribution in [0.4, 0.5) is 51.2 Å². The molecule has 0 aromatic heterocycles. The lowest BCUT2D eigenvalue weighted by Crippen LogP contribution is -2.16. The Balaban J connectivity index is 0.000000120. The third-order valence-electron chi connectivity index (χ3n) is 29.5. The van der Waals surface area contributed by atoms with Gasteiger partial charge in [-0.25, -0.2) is 0 Å². The summed E-state index contributed by atoms with van der Waals surface area (Å²) in [6.07, 6.45) is 0. The van der Waals surface area contributed by atoms with Gasteiger partial charge in [0.25, 0.3) is 0 Å². The Morgan fingerprint density at radius 1 is 0.120 bits per heavy atom. The van der Waals surface area contributed by atoms with Crippen LogP contribution >= 0.6 is 0 Å². The number of nitrogens with zero attached hydrogens (tertiary/aromatic N) is 3. The zero-order valence-electron chi connectivity index (χ0n) is 83.7. The molecule has 0 N–H and O–H groups in total. The van der Waals surface area contributed by atoms with Gasteiger partial charge in [-0.05, 0) is 309 Å². The number of anilines is 9. The maximum Gasteiger partial charge on any atom is 0.0465 e. The SMILES string of the molecule is CC1(C)c2cc(-c3ccc4ccccc4c3-c3ccccc3)ccc2-c2ccc(N(c3ccccc3)c3ccccc3)cc21.c1ccc(-c2ccc(N(c3ccc(-c4ccccc4)cc3)c3ccc(-c4ccc5ccccc5c4-c4cccc(-c5ccccc5)c4)cc3)cc2)cc1.c1ccc(-c2ccc(N(c3ccc(-c4ccccc4)cc3)c3ccc(-c4ccc5ccccc5c4-c4ccccc4-c4ccccc4)cc3)cc2)cc1. The quantitative estimate of drug-likeness (QED) is 0.0710. The molecule has 0 atom stereocenters. The van der Waals surface area contributed by atoms with Crippen molar-refractivity contribution in [3.63, 3.8) is 0 Å². The number of para-hydroxylation sites is 2. The van der Waals surface area contributed by atoms with Gasteiger partial charge in [-0.3, -0.25) is 0 Å². The van der Waals surface area contributed by atoms with E-state index in [0.717, 1.165) is 45.5 Å². The van der Waals surface area contributed by atoms with Crippen molar-refractivity contribution in [1.29, 1.82) is 0 Å². The van der Waals surface area contributed by atoms with Crippen LogP contribution < -0.4 is 14.7 Å². The summed E-state index contributed by atoms with van der Waals surface area (Å²) in [6.45, 7) is 4.75. The summed E-state index contributed by atoms with van der Waals surface area (Å²) in [7, 11) is 0. The van der Waals surface area contributed by atoms with Crippen LogP contribution in [0.25, 0.3) is 177 Å². The first-order valence-corrected chi connectivity index (χ1v) is 51.7. The van der Waals surface area contributed by atoms with Crippen LogP contribution in [-0.4, -0.2) is 0 Å². The predicted molar refractivity (Wildman–Crippen MR) is 639 cm³/mol. The molecule has 25 aromatic rings. The maximum atomic E-state index is 2.44. The Kier molecular flexibility index (Phi) is 26.2. The summed E-state index contributed by atoms with van der Waals surface area (Å²) in [4.78, 5) is 7.04. The van der Waals surface area contributed by atoms with Crippen LogP contribution in [0.1, 0.15) is 25.0 Å². The van der Waals surface area contributed by atoms with Gasteiger partial charge in [0, 0.05) is 56.6 Å². The molecule has 0 fully saturated rings. The molecule has 0 amide bonds. The highest BCUT2D eigenvalue weighted by Gasteiger charge is 2.37. The molecule has 0 radical (unpaired) electrons. The molecular weight excluding hydrogens is 1810 g/mol. The van der Waals surface area contributed by atoms with Gasteiger partial charge >= 0.3 is 0 Å². The molecular formula is C147H107N3. The predicted octanol–water partition coefficient (Wildman–Crippen LogP) is 41.2. The van der Waals surface area contributed by atoms with Gasteiger partial charge in [-0.15, -0.1) is 0 Å². The first kappa shape index (κ1) is 93.1. The molecule has 150 heavy (non-hydrogen) atoms. The molecule has 0 spiro atoms. The highest BCUT2D eigenvalue weighted by molar-refractivity contribution is 6.10. The second-order valence-corrected chi connectivity index (χ2v) is 38.9. The third-order valence-corrected chi connectivity index (χ3v) is 29.5. The molecule has 0 bridgehead atoms. The summed E-state index contributed by atoms with van der Waals surface area (Å²) < 4.78 is 0. The summed E-state index contributed by atoms with van der Waals surface area (Å²) in [6, 6.07) is 221. The average Bonchev–Trinajstić information content (AvgIpc) is 1.55. The standard InChI is InChI=1S/2C52H37N.C43H33N/c1-4-14-38(15-5-1)40-24-31-45(32-25-40)53(46-33-26-41(27-34-46)39-16-6-2-7-17-39)47-35-28-44(29-36-47)50-37-30-43-20-10-11-22-49(43)52(50)51-23-13-12-21-48(51)42-18-8-3-9-19-42;1-4-13-38(14-5-1)41-23-30-47(31-24-41)53(48-32-25-42(26-33-48)39-15-6-2-7-16-39)49-34-27-44(28-35-49)51-36-29-43-19-10-11-22-50(43)52(51)46-21-12-20-45(37-46)40-17-8-3-9-18-40;1-43(2)40-28-32(37-25-22-30-14-12-13-21-36(30)42(37)31-15-6-3-7-16-31)23-26-38(40)39-27-24-35(29-41(39)43)44(33-17-8-4-9-18-33)34-19-10-5-11-20-34/h2*1-37H;3-29H,1-2H3. The van der Waals surface area contributed by atoms with Crippen LogP contribution in [0.3, 0.4) is 0 Å². The fourth-order valence-corrected chi connectivity index (χ4v) is 22.0. The van der Waals surface area contributed by atoms with Crippen LogP contribution in [0, 0.1) is 0 Å². The highest BCUT2D eigenvalue weighted by Crippen LogP contribution is 2.54. The Bertz CT molecular complexity index is 8820. The van der Waals surface area contributed by atoms with Gasteiger partial charge in [0.1, 0.15) is 0 Å². The van der Waals surface area contributed by atoms with Crippen molar-refractivity contribution in [2.24, 2.45) is 0 Å². The van der Waals surface area contributed by atoms with E-state index in [9.17, 15) is 0 Å². The van der Waals surface area contributed by atoms with Crippen molar-refractivity contribution in [3.8, 4) is 145 Å². The Morgan fingerprint density at radius 3 is 0.733 bits per heavy atom. The minimum Gasteiger partial charge on any atom is -0.311 e. The van der Waals surface area contributed by atoms with Crippen LogP contribution in [0.5, 0.6) is 0 Å². The summed E-state index contributed by atoms with van der Waals surface area (Å²) in [5.41, 5.74) is 44.6. The topological polar surface area (TPSA) is 9.72 Å². The van der Waals surface area contributed by atoms with Gasteiger partial charge in [-0.1, -0.05) is 505 Å². The van der Waals surface area contributed by atoms with E-state index in [2.05, 4.69) is 641 Å². The number of hydrogen-bond donors (Lipinski definition) is 0. The van der Waals surface area contributed by atoms with Crippen molar-refractivity contribution >= 4 is 83.5 Å². The molecule has 3 heteroatoms. The summed E-state index contributed by atoms with van der Waals surface area (Å²) in [5, 5.41) is 7.50. The van der Waals surface area contributed by atoms with Gasteiger partial charge < -0.3 is 14.7 Å². The molecule has 1 aliphatic rings. The van der Waals surface area contributed by atoms with E-state index in [0.29, 0.717) is 0 Å². The Labute approximate surface area is 879 Å². The number of benzene rings is 25. The molecule has 26 rings (SSSR count). The highest BCUT2D eigenvalue weighted by atomic mass is 15.2. The zero-order chi connectivity index (χ0) is 100. The van der Waals surface area contributed by atoms with Crippen LogP contribution in [-0.2, 0) is 5.41 Å². The van der Waals surface area contributed by atoms with Crippen molar-refractivity contribution in [2.75, 3.05) is 14.7 Å². The monoisotopic (exact) mass is 1910 g/mol. The van der Waals surface area contributed by atoms with Gasteiger partial charge in [0.15, 0.2) is 0 Å². The molecule has 1 aliphatic carbocycles. The van der Waals surface area contributed by atoms with E-state index in [1.54, 1.807) is 0 Å². The van der Waals surface area contributed by atoms with E-state index < -0.39 is 0 Å². The van der Waals surface area contributed by atoms with Crippen molar-refractivity contribution < 1.29 is 0 Å². The number of fused-ring (bicyclic) bond motifs is 6. The lowest BCUT2D eigenvalue weighted by atomic mass is 9.80. The number of rotatable bonds is 21. The molecule has 0 unspecified atom stereocenters. The fourth-order valence-electron chi connectivity index (χ4n) is 22.0. The summed E-state index contributed by atoms with van der Waals surface area (Å²) in [5.74, 6) is 0. The van der Waals surface area contributed by atoms with Gasteiger partial charge in [-0.2, -0.15) is 0 Å². The van der Waals surface area contributed by atoms with E-state index >= 15 is 0 Å². The molecule has 0 saturated carbocycles. The first-order chi connectivity index (χ1) is 74.2. The fraction of sp³-hybridized carbons (Fsp3) is 0.0204. The summed E-state index contributed by atoms with van der Waals surface area (Å²) >= 11 is 0. The zero-order valence-corrected chi connectivity index (χ0v) is 83.7. The van der Waals surface area contributed by atoms with Crippen molar-refractivity contribution in [3.05, 3.63) is 624 Å². The van der Waals surface area contributed by atoms with Crippen LogP contribution in [0.2, 0.25) is 0 Å². The van der Waals surface area contributed by atoms with E-state index in [1.807, 2.05) is 0 Å². The van der Waals surface area contributed by atoms with E-state index in [-0.39, 0.29) is 5.41 Å². The molecule has 0 aliphatic heterocycles. The lowest BCUT2D eigenvalue weighted by molar-refractivity contribution is 0.660. The lowest BCUT2D eigenvalue weighted by Gasteiger charge is -2.28. The molecule has 0 heterocycles. The number of hydrogen-bond acceptors (Lipinski definition) is 3. The van der Waals surface area contributed by atoms with Crippen molar-refractivity contribution in [2.45, 2.75) is 19.3 Å². The smallest absolute Gasteiger partial charge is 0.0465 e. The minimum absolute atomic E-state index is 0.153. The average molecular weight is 1920 g/mol. The van der Waals surface area contributed by atoms with Crippen LogP contribution in [0.15, 0.2) is 613 Å². The first-order valence-electron chi connectivity index (χ1n) is 51.7. The van der Waals surface area contributed by atoms with Crippen molar-refractivity contribution in [1.82, 2.24) is 0 Å².